The van der Waals surface area contributed by atoms with Gasteiger partial charge in [0.05, 0.1) is 5.56 Å². The first kappa shape index (κ1) is 21.8. The van der Waals surface area contributed by atoms with Crippen LogP contribution in [-0.2, 0) is 16.9 Å². The molecule has 178 valence electrons. The molecule has 2 aliphatic rings. The number of fused-ring (bicyclic) bond motifs is 2. The number of hydrogen-bond acceptors (Lipinski definition) is 7. The minimum absolute atomic E-state index is 0.0260. The zero-order chi connectivity index (χ0) is 24.3. The summed E-state index contributed by atoms with van der Waals surface area (Å²) in [6.45, 7) is 8.75. The fourth-order valence-electron chi connectivity index (χ4n) is 5.07. The maximum Gasteiger partial charge on any atom is 0.249 e. The number of benzene rings is 1. The molecule has 2 N–H and O–H groups in total. The number of imidazole rings is 1. The smallest absolute Gasteiger partial charge is 0.249 e. The van der Waals surface area contributed by atoms with Crippen molar-refractivity contribution < 1.29 is 4.79 Å². The molecule has 1 amide bonds. The Labute approximate surface area is 203 Å². The highest BCUT2D eigenvalue weighted by Crippen LogP contribution is 2.41. The number of aryl methyl sites for hydroxylation is 2. The second kappa shape index (κ2) is 7.91. The van der Waals surface area contributed by atoms with Crippen molar-refractivity contribution in [2.75, 3.05) is 5.32 Å². The normalized spacial score (nSPS) is 20.2. The molecule has 9 heteroatoms. The summed E-state index contributed by atoms with van der Waals surface area (Å²) >= 11 is 0. The van der Waals surface area contributed by atoms with Gasteiger partial charge in [0.15, 0.2) is 5.65 Å². The van der Waals surface area contributed by atoms with E-state index in [1.165, 1.54) is 12.8 Å². The summed E-state index contributed by atoms with van der Waals surface area (Å²) in [5.74, 6) is 2.08. The van der Waals surface area contributed by atoms with E-state index in [4.69, 9.17) is 4.98 Å². The number of nitrogens with zero attached hydrogens (tertiary/aromatic N) is 6. The molecule has 1 saturated carbocycles. The summed E-state index contributed by atoms with van der Waals surface area (Å²) in [6, 6.07) is 6.26. The molecule has 9 nitrogen and oxygen atoms in total. The van der Waals surface area contributed by atoms with Crippen LogP contribution in [-0.4, -0.2) is 41.4 Å². The summed E-state index contributed by atoms with van der Waals surface area (Å²) in [5, 5.41) is 6.66. The summed E-state index contributed by atoms with van der Waals surface area (Å²) in [7, 11) is 0. The minimum atomic E-state index is -0.799. The summed E-state index contributed by atoms with van der Waals surface area (Å²) in [5.41, 5.74) is 4.89. The third-order valence-corrected chi connectivity index (χ3v) is 7.27. The number of amides is 1. The van der Waals surface area contributed by atoms with Crippen LogP contribution in [0.4, 0.5) is 5.69 Å². The van der Waals surface area contributed by atoms with Gasteiger partial charge >= 0.3 is 0 Å². The van der Waals surface area contributed by atoms with Gasteiger partial charge in [-0.1, -0.05) is 6.07 Å². The summed E-state index contributed by atoms with van der Waals surface area (Å²) < 4.78 is 2.05. The van der Waals surface area contributed by atoms with Gasteiger partial charge in [-0.15, -0.1) is 0 Å². The lowest BCUT2D eigenvalue weighted by Crippen LogP contribution is -2.50. The van der Waals surface area contributed by atoms with E-state index in [-0.39, 0.29) is 11.9 Å². The molecule has 2 atom stereocenters. The number of rotatable bonds is 6. The lowest BCUT2D eigenvalue weighted by atomic mass is 9.90. The van der Waals surface area contributed by atoms with Crippen LogP contribution in [0.3, 0.4) is 0 Å². The van der Waals surface area contributed by atoms with Crippen LogP contribution in [0, 0.1) is 12.8 Å². The Hall–Kier alpha value is -3.72. The fraction of sp³-hybridized carbons (Fsp3) is 0.385. The van der Waals surface area contributed by atoms with E-state index in [1.54, 1.807) is 18.7 Å². The molecule has 1 unspecified atom stereocenters. The van der Waals surface area contributed by atoms with Crippen LogP contribution >= 0.6 is 0 Å². The van der Waals surface area contributed by atoms with Gasteiger partial charge in [0, 0.05) is 41.8 Å². The van der Waals surface area contributed by atoms with Crippen molar-refractivity contribution in [2.24, 2.45) is 5.92 Å². The Morgan fingerprint density at radius 1 is 1.17 bits per heavy atom. The van der Waals surface area contributed by atoms with Crippen molar-refractivity contribution >= 4 is 22.8 Å². The van der Waals surface area contributed by atoms with Crippen molar-refractivity contribution in [3.05, 3.63) is 48.3 Å². The van der Waals surface area contributed by atoms with E-state index < -0.39 is 5.54 Å². The third kappa shape index (κ3) is 3.49. The maximum atomic E-state index is 13.0. The second-order valence-electron chi connectivity index (χ2n) is 9.70. The van der Waals surface area contributed by atoms with Crippen LogP contribution in [0.1, 0.15) is 45.0 Å². The van der Waals surface area contributed by atoms with E-state index in [1.807, 2.05) is 26.0 Å². The lowest BCUT2D eigenvalue weighted by Gasteiger charge is -2.28. The Morgan fingerprint density at radius 3 is 2.66 bits per heavy atom. The first-order valence-electron chi connectivity index (χ1n) is 12.1. The highest BCUT2D eigenvalue weighted by molar-refractivity contribution is 6.06. The summed E-state index contributed by atoms with van der Waals surface area (Å²) in [6.07, 6.45) is 7.57. The molecular weight excluding hydrogens is 440 g/mol. The Balaban J connectivity index is 1.47. The van der Waals surface area contributed by atoms with Gasteiger partial charge in [-0.25, -0.2) is 24.9 Å². The highest BCUT2D eigenvalue weighted by Gasteiger charge is 2.45. The molecule has 6 rings (SSSR count). The number of nitrogens with one attached hydrogen (secondary N) is 2. The van der Waals surface area contributed by atoms with Crippen molar-refractivity contribution in [2.45, 2.75) is 58.7 Å². The van der Waals surface area contributed by atoms with Crippen LogP contribution < -0.4 is 10.6 Å². The zero-order valence-corrected chi connectivity index (χ0v) is 20.3. The second-order valence-corrected chi connectivity index (χ2v) is 9.70. The Kier molecular flexibility index (Phi) is 4.93. The molecule has 0 radical (unpaired) electrons. The van der Waals surface area contributed by atoms with Gasteiger partial charge in [0.2, 0.25) is 5.91 Å². The van der Waals surface area contributed by atoms with E-state index in [0.717, 1.165) is 39.5 Å². The number of carbonyl (C=O) groups excluding carboxylic acids is 1. The fourth-order valence-corrected chi connectivity index (χ4v) is 5.07. The molecule has 1 fully saturated rings. The largest absolute Gasteiger partial charge is 0.324 e. The topological polar surface area (TPSA) is 111 Å². The molecular formula is C26H28N8O. The molecule has 1 aliphatic carbocycles. The Bertz CT molecular complexity index is 1460. The first-order valence-corrected chi connectivity index (χ1v) is 12.1. The van der Waals surface area contributed by atoms with E-state index >= 15 is 0 Å². The zero-order valence-electron chi connectivity index (χ0n) is 20.3. The third-order valence-electron chi connectivity index (χ3n) is 7.27. The van der Waals surface area contributed by atoms with Gasteiger partial charge < -0.3 is 9.88 Å². The van der Waals surface area contributed by atoms with Gasteiger partial charge in [-0.05, 0) is 58.6 Å². The van der Waals surface area contributed by atoms with Gasteiger partial charge in [0.25, 0.3) is 0 Å². The monoisotopic (exact) mass is 468 g/mol. The van der Waals surface area contributed by atoms with E-state index in [9.17, 15) is 4.79 Å². The molecule has 0 bridgehead atoms. The summed E-state index contributed by atoms with van der Waals surface area (Å²) in [4.78, 5) is 35.8. The van der Waals surface area contributed by atoms with Gasteiger partial charge in [-0.3, -0.25) is 10.1 Å². The average molecular weight is 469 g/mol. The number of carbonyl (C=O) groups is 1. The van der Waals surface area contributed by atoms with Crippen molar-refractivity contribution in [1.29, 1.82) is 0 Å². The van der Waals surface area contributed by atoms with Gasteiger partial charge in [0.1, 0.15) is 34.7 Å². The molecule has 1 aliphatic heterocycles. The number of aromatic nitrogens is 6. The molecule has 35 heavy (non-hydrogen) atoms. The SMILES string of the molecule is CCn1c(-c2cnc(C)nc2)nc2c(-c3ccc4c(c3)[C@](C)(NC(C)C3CC3)C(=O)N4)ncnc21. The van der Waals surface area contributed by atoms with E-state index in [0.29, 0.717) is 23.8 Å². The predicted octanol–water partition coefficient (Wildman–Crippen LogP) is 3.83. The lowest BCUT2D eigenvalue weighted by molar-refractivity contribution is -0.121. The average Bonchev–Trinajstić information content (AvgIpc) is 3.60. The molecule has 3 aromatic heterocycles. The number of anilines is 1. The molecule has 4 aromatic rings. The van der Waals surface area contributed by atoms with Crippen molar-refractivity contribution in [1.82, 2.24) is 34.8 Å². The standard InChI is InChI=1S/C26H28N8O/c1-5-34-23(18-11-27-15(3)28-12-18)32-22-21(29-13-30-24(22)34)17-8-9-20-19(10-17)26(4,25(35)31-20)33-14(2)16-6-7-16/h8-14,16,33H,5-7H2,1-4H3,(H,31,35)/t14?,26-/m0/s1. The quantitative estimate of drug-likeness (QED) is 0.442. The van der Waals surface area contributed by atoms with Crippen LogP contribution in [0.15, 0.2) is 36.9 Å². The van der Waals surface area contributed by atoms with Gasteiger partial charge in [-0.2, -0.15) is 0 Å². The molecule has 0 spiro atoms. The number of hydrogen-bond donors (Lipinski definition) is 2. The van der Waals surface area contributed by atoms with Crippen LogP contribution in [0.5, 0.6) is 0 Å². The molecule has 4 heterocycles. The van der Waals surface area contributed by atoms with Crippen molar-refractivity contribution in [3.8, 4) is 22.6 Å². The maximum absolute atomic E-state index is 13.0. The Morgan fingerprint density at radius 2 is 1.94 bits per heavy atom. The predicted molar refractivity (Wildman–Crippen MR) is 133 cm³/mol. The van der Waals surface area contributed by atoms with Crippen molar-refractivity contribution in [3.63, 3.8) is 0 Å². The van der Waals surface area contributed by atoms with E-state index in [2.05, 4.69) is 55.1 Å². The minimum Gasteiger partial charge on any atom is -0.324 e. The molecule has 1 aromatic carbocycles. The van der Waals surface area contributed by atoms with Crippen LogP contribution in [0.2, 0.25) is 0 Å². The highest BCUT2D eigenvalue weighted by atomic mass is 16.2. The van der Waals surface area contributed by atoms with Crippen LogP contribution in [0.25, 0.3) is 33.8 Å². The molecule has 0 saturated heterocycles. The first-order chi connectivity index (χ1) is 16.9.